The van der Waals surface area contributed by atoms with Crippen LogP contribution in [0, 0.1) is 6.92 Å². The molecule has 1 saturated carbocycles. The Labute approximate surface area is 278 Å². The van der Waals surface area contributed by atoms with E-state index in [2.05, 4.69) is 4.98 Å². The van der Waals surface area contributed by atoms with Gasteiger partial charge < -0.3 is 23.4 Å². The summed E-state index contributed by atoms with van der Waals surface area (Å²) in [6.45, 7) is 3.65. The summed E-state index contributed by atoms with van der Waals surface area (Å²) in [6.07, 6.45) is 5.28. The van der Waals surface area contributed by atoms with E-state index in [0.29, 0.717) is 33.7 Å². The van der Waals surface area contributed by atoms with E-state index in [4.69, 9.17) is 23.4 Å². The summed E-state index contributed by atoms with van der Waals surface area (Å²) < 4.78 is 58.6. The monoisotopic (exact) mass is 685 g/mol. The number of ether oxygens (including phenoxy) is 4. The Bertz CT molecular complexity index is 1950. The number of carbonyl (C=O) groups is 1. The van der Waals surface area contributed by atoms with Gasteiger partial charge >= 0.3 is 18.3 Å². The number of oxazole rings is 1. The lowest BCUT2D eigenvalue weighted by molar-refractivity contribution is -0.161. The minimum absolute atomic E-state index is 0.0325. The van der Waals surface area contributed by atoms with Crippen molar-refractivity contribution in [3.8, 4) is 16.5 Å². The highest BCUT2D eigenvalue weighted by atomic mass is 32.1. The molecule has 256 valence electrons. The molecule has 1 aromatic carbocycles. The number of para-hydroxylation sites is 1. The molecule has 0 N–H and O–H groups in total. The van der Waals surface area contributed by atoms with Crippen molar-refractivity contribution in [3.63, 3.8) is 0 Å². The number of aromatic nitrogens is 3. The molecule has 3 aliphatic rings. The fourth-order valence-corrected chi connectivity index (χ4v) is 8.16. The second kappa shape index (κ2) is 12.2. The molecular weight excluding hydrogens is 648 g/mol. The van der Waals surface area contributed by atoms with Crippen LogP contribution >= 0.6 is 11.3 Å². The lowest BCUT2D eigenvalue weighted by Crippen LogP contribution is -2.50. The van der Waals surface area contributed by atoms with Crippen molar-refractivity contribution in [1.82, 2.24) is 14.1 Å². The molecule has 0 radical (unpaired) electrons. The number of hydrogen-bond donors (Lipinski definition) is 0. The number of thiophene rings is 1. The van der Waals surface area contributed by atoms with E-state index in [-0.39, 0.29) is 54.7 Å². The zero-order valence-corrected chi connectivity index (χ0v) is 27.9. The molecule has 7 rings (SSSR count). The van der Waals surface area contributed by atoms with Crippen molar-refractivity contribution in [3.05, 3.63) is 68.7 Å². The predicted octanol–water partition coefficient (Wildman–Crippen LogP) is 6.09. The van der Waals surface area contributed by atoms with Crippen molar-refractivity contribution in [2.75, 3.05) is 0 Å². The van der Waals surface area contributed by atoms with E-state index >= 15 is 0 Å². The number of alkyl halides is 2. The number of esters is 1. The van der Waals surface area contributed by atoms with Crippen molar-refractivity contribution >= 4 is 27.5 Å². The highest BCUT2D eigenvalue weighted by molar-refractivity contribution is 7.22. The maximum atomic E-state index is 14.7. The van der Waals surface area contributed by atoms with Crippen LogP contribution in [0.1, 0.15) is 76.5 Å². The van der Waals surface area contributed by atoms with Gasteiger partial charge in [-0.05, 0) is 77.8 Å². The molecule has 3 aromatic heterocycles. The number of fused-ring (bicyclic) bond motifs is 3. The maximum absolute atomic E-state index is 14.7. The maximum Gasteiger partial charge on any atom is 0.387 e. The van der Waals surface area contributed by atoms with E-state index in [1.807, 2.05) is 0 Å². The van der Waals surface area contributed by atoms with Gasteiger partial charge in [-0.1, -0.05) is 18.2 Å². The number of carbonyl (C=O) groups excluding carboxylic acids is 1. The van der Waals surface area contributed by atoms with Gasteiger partial charge in [0.2, 0.25) is 5.89 Å². The number of hydrogen-bond acceptors (Lipinski definition) is 10. The fraction of sp³-hybridized carbons (Fsp3) is 0.529. The summed E-state index contributed by atoms with van der Waals surface area (Å²) in [7, 11) is 0. The Hall–Kier alpha value is -3.88. The molecule has 3 fully saturated rings. The number of aryl methyl sites for hydroxylation is 1. The van der Waals surface area contributed by atoms with E-state index in [9.17, 15) is 23.2 Å². The Morgan fingerprint density at radius 2 is 1.85 bits per heavy atom. The van der Waals surface area contributed by atoms with Gasteiger partial charge in [0.25, 0.3) is 5.56 Å². The van der Waals surface area contributed by atoms with Crippen LogP contribution in [0.3, 0.4) is 0 Å². The Morgan fingerprint density at radius 1 is 1.15 bits per heavy atom. The van der Waals surface area contributed by atoms with Gasteiger partial charge in [-0.25, -0.2) is 19.1 Å². The van der Waals surface area contributed by atoms with Gasteiger partial charge in [0.1, 0.15) is 28.5 Å². The molecule has 4 aromatic rings. The minimum Gasteiger partial charge on any atom is -0.458 e. The van der Waals surface area contributed by atoms with Gasteiger partial charge in [-0.15, -0.1) is 11.3 Å². The molecule has 0 amide bonds. The van der Waals surface area contributed by atoms with Crippen molar-refractivity contribution in [2.45, 2.75) is 115 Å². The molecule has 2 bridgehead atoms. The summed E-state index contributed by atoms with van der Waals surface area (Å²) in [5.41, 5.74) is -2.84. The largest absolute Gasteiger partial charge is 0.458 e. The third-order valence-corrected chi connectivity index (χ3v) is 10.5. The molecule has 2 saturated heterocycles. The molecule has 11 nitrogen and oxygen atoms in total. The van der Waals surface area contributed by atoms with Gasteiger partial charge in [-0.2, -0.15) is 8.78 Å². The molecule has 2 aliphatic heterocycles. The second-order valence-corrected chi connectivity index (χ2v) is 14.7. The Morgan fingerprint density at radius 3 is 2.48 bits per heavy atom. The quantitative estimate of drug-likeness (QED) is 0.183. The van der Waals surface area contributed by atoms with E-state index in [1.165, 1.54) is 23.1 Å². The summed E-state index contributed by atoms with van der Waals surface area (Å²) in [4.78, 5) is 47.7. The van der Waals surface area contributed by atoms with Crippen LogP contribution in [0.15, 0.2) is 50.7 Å². The third-order valence-electron chi connectivity index (χ3n) is 9.20. The molecule has 5 heterocycles. The van der Waals surface area contributed by atoms with Crippen LogP contribution in [-0.2, 0) is 31.1 Å². The summed E-state index contributed by atoms with van der Waals surface area (Å²) >= 11 is 1.15. The van der Waals surface area contributed by atoms with Gasteiger partial charge in [-0.3, -0.25) is 9.36 Å². The number of nitrogens with zero attached hydrogens (tertiary/aromatic N) is 3. The first-order valence-corrected chi connectivity index (χ1v) is 16.9. The molecule has 0 spiro atoms. The van der Waals surface area contributed by atoms with E-state index < -0.39 is 41.1 Å². The lowest BCUT2D eigenvalue weighted by atomic mass is 10.0. The number of halogens is 2. The third kappa shape index (κ3) is 5.98. The van der Waals surface area contributed by atoms with Crippen molar-refractivity contribution < 1.29 is 36.9 Å². The highest BCUT2D eigenvalue weighted by Crippen LogP contribution is 2.45. The van der Waals surface area contributed by atoms with Crippen LogP contribution in [0.4, 0.5) is 8.78 Å². The van der Waals surface area contributed by atoms with Crippen LogP contribution in [0.2, 0.25) is 0 Å². The zero-order chi connectivity index (χ0) is 34.0. The molecule has 14 heteroatoms. The van der Waals surface area contributed by atoms with Crippen LogP contribution in [-0.4, -0.2) is 50.6 Å². The normalized spacial score (nSPS) is 22.3. The van der Waals surface area contributed by atoms with Gasteiger partial charge in [0.05, 0.1) is 41.3 Å². The number of benzene rings is 1. The Kier molecular flexibility index (Phi) is 8.31. The molecule has 1 aliphatic carbocycles. The zero-order valence-electron chi connectivity index (χ0n) is 27.1. The fourth-order valence-electron chi connectivity index (χ4n) is 6.92. The van der Waals surface area contributed by atoms with E-state index in [0.717, 1.165) is 28.7 Å². The van der Waals surface area contributed by atoms with Gasteiger partial charge in [0.15, 0.2) is 5.54 Å². The first-order valence-electron chi connectivity index (χ1n) is 16.1. The van der Waals surface area contributed by atoms with Crippen LogP contribution < -0.4 is 16.0 Å². The van der Waals surface area contributed by atoms with Crippen molar-refractivity contribution in [2.24, 2.45) is 0 Å². The predicted molar refractivity (Wildman–Crippen MR) is 171 cm³/mol. The van der Waals surface area contributed by atoms with Crippen LogP contribution in [0.25, 0.3) is 21.0 Å². The molecule has 48 heavy (non-hydrogen) atoms. The van der Waals surface area contributed by atoms with E-state index in [1.54, 1.807) is 45.9 Å². The molecular formula is C34H37F2N3O8S. The average molecular weight is 686 g/mol. The lowest BCUT2D eigenvalue weighted by Gasteiger charge is -2.32. The first-order chi connectivity index (χ1) is 22.8. The molecule has 4 atom stereocenters. The second-order valence-electron chi connectivity index (χ2n) is 13.7. The smallest absolute Gasteiger partial charge is 0.387 e. The highest BCUT2D eigenvalue weighted by Gasteiger charge is 2.56. The summed E-state index contributed by atoms with van der Waals surface area (Å²) in [5.74, 6) is -0.476. The van der Waals surface area contributed by atoms with Gasteiger partial charge in [0, 0.05) is 5.56 Å². The molecule has 0 unspecified atom stereocenters. The topological polar surface area (TPSA) is 124 Å². The SMILES string of the molecule is Cc1c(-c2ncco2)sc2c1c(=O)n(C1(C(=O)OC(C)(C)C)CC1)c(=O)n2C[C@H](O[C@H]1C[C@H]2CC[C@@H](C1)O2)c1ccccc1OC(F)F. The van der Waals surface area contributed by atoms with Crippen molar-refractivity contribution in [1.29, 1.82) is 0 Å². The standard InChI is InChI=1S/C34H37F2N3O8S/c1-18-25-28(40)39(34(11-12-34)30(41)47-33(2,3)4)32(42)38(29(25)48-26(18)27-37-13-14-43-27)17-24(22-7-5-6-8-23(22)46-31(35)36)45-21-15-19-9-10-20(16-21)44-19/h5-8,13-14,19-21,24,31H,9-12,15-17H2,1-4H3/t19-,20+,21+,24-/m0/s1. The number of rotatable bonds is 10. The summed E-state index contributed by atoms with van der Waals surface area (Å²) in [5, 5.41) is 0.225. The van der Waals surface area contributed by atoms with Crippen LogP contribution in [0.5, 0.6) is 5.75 Å². The minimum atomic E-state index is -3.09. The summed E-state index contributed by atoms with van der Waals surface area (Å²) in [6, 6.07) is 6.34. The Balaban J connectivity index is 1.41. The first kappa shape index (κ1) is 32.7. The average Bonchev–Trinajstić information content (AvgIpc) is 3.30.